The lowest BCUT2D eigenvalue weighted by molar-refractivity contribution is -0.138. The summed E-state index contributed by atoms with van der Waals surface area (Å²) in [5.74, 6) is -0.425. The topological polar surface area (TPSA) is 50.8 Å². The van der Waals surface area contributed by atoms with Crippen LogP contribution in [0.2, 0.25) is 0 Å². The summed E-state index contributed by atoms with van der Waals surface area (Å²) >= 11 is 0. The van der Waals surface area contributed by atoms with Crippen molar-refractivity contribution in [2.75, 3.05) is 25.1 Å². The molecular weight excluding hydrogens is 493 g/mol. The van der Waals surface area contributed by atoms with Gasteiger partial charge in [0.2, 0.25) is 0 Å². The molecule has 2 unspecified atom stereocenters. The van der Waals surface area contributed by atoms with Crippen LogP contribution in [0.3, 0.4) is 0 Å². The number of carbonyl (C=O) groups is 1. The van der Waals surface area contributed by atoms with E-state index < -0.39 is 23.3 Å². The molecule has 38 heavy (non-hydrogen) atoms. The number of nitrogens with zero attached hydrogens (tertiary/aromatic N) is 1. The van der Waals surface area contributed by atoms with Crippen molar-refractivity contribution in [3.63, 3.8) is 0 Å². The maximum absolute atomic E-state index is 13.6. The predicted octanol–water partition coefficient (Wildman–Crippen LogP) is 6.90. The second kappa shape index (κ2) is 10.4. The molecule has 5 nitrogen and oxygen atoms in total. The highest BCUT2D eigenvalue weighted by Gasteiger charge is 2.37. The van der Waals surface area contributed by atoms with Gasteiger partial charge in [0.15, 0.2) is 0 Å². The van der Waals surface area contributed by atoms with Gasteiger partial charge in [0.1, 0.15) is 11.9 Å². The lowest BCUT2D eigenvalue weighted by Crippen LogP contribution is -2.44. The minimum atomic E-state index is -4.69. The molecule has 5 rings (SSSR count). The van der Waals surface area contributed by atoms with Crippen LogP contribution < -0.4 is 15.0 Å². The summed E-state index contributed by atoms with van der Waals surface area (Å²) in [6.07, 6.45) is -4.99. The van der Waals surface area contributed by atoms with Gasteiger partial charge in [-0.2, -0.15) is 13.2 Å². The summed E-state index contributed by atoms with van der Waals surface area (Å²) in [6.45, 7) is 2.97. The second-order valence-electron chi connectivity index (χ2n) is 9.24. The Bertz CT molecular complexity index is 1470. The van der Waals surface area contributed by atoms with Gasteiger partial charge in [-0.25, -0.2) is 4.79 Å². The van der Waals surface area contributed by atoms with Crippen LogP contribution in [-0.4, -0.2) is 32.3 Å². The second-order valence-corrected chi connectivity index (χ2v) is 9.24. The monoisotopic (exact) mass is 520 g/mol. The van der Waals surface area contributed by atoms with Gasteiger partial charge >= 0.3 is 12.1 Å². The molecule has 1 heterocycles. The van der Waals surface area contributed by atoms with Crippen LogP contribution >= 0.6 is 0 Å². The van der Waals surface area contributed by atoms with E-state index in [4.69, 9.17) is 4.74 Å². The van der Waals surface area contributed by atoms with Crippen LogP contribution in [0.1, 0.15) is 34.5 Å². The first-order chi connectivity index (χ1) is 18.3. The lowest BCUT2D eigenvalue weighted by Gasteiger charge is -2.37. The van der Waals surface area contributed by atoms with E-state index in [1.807, 2.05) is 47.4 Å². The van der Waals surface area contributed by atoms with Crippen molar-refractivity contribution in [3.8, 4) is 5.75 Å². The lowest BCUT2D eigenvalue weighted by atomic mass is 9.99. The Labute approximate surface area is 218 Å². The third-order valence-electron chi connectivity index (χ3n) is 6.80. The summed E-state index contributed by atoms with van der Waals surface area (Å²) in [5.41, 5.74) is 0.766. The Hall–Kier alpha value is -4.04. The van der Waals surface area contributed by atoms with Crippen LogP contribution in [0.5, 0.6) is 5.75 Å². The van der Waals surface area contributed by atoms with Crippen LogP contribution in [0.25, 0.3) is 10.8 Å². The van der Waals surface area contributed by atoms with E-state index >= 15 is 0 Å². The zero-order valence-corrected chi connectivity index (χ0v) is 21.0. The summed E-state index contributed by atoms with van der Waals surface area (Å²) in [5, 5.41) is 5.89. The molecule has 0 bridgehead atoms. The Morgan fingerprint density at radius 1 is 1.05 bits per heavy atom. The van der Waals surface area contributed by atoms with E-state index in [1.54, 1.807) is 0 Å². The highest BCUT2D eigenvalue weighted by atomic mass is 19.4. The van der Waals surface area contributed by atoms with Gasteiger partial charge < -0.3 is 19.7 Å². The van der Waals surface area contributed by atoms with Crippen molar-refractivity contribution in [3.05, 3.63) is 102 Å². The standard InChI is InChI=1S/C30H27F3N2O3/c1-19(23-11-7-9-20-8-3-4-10-24(20)23)34-17-22-18-35(27-12-5-6-13-28(27)38-22)21-14-15-26(30(31,32)33)25(16-21)29(36)37-2/h3-16,19,22,34H,17-18H2,1-2H3. The number of ether oxygens (including phenoxy) is 2. The highest BCUT2D eigenvalue weighted by Crippen LogP contribution is 2.40. The van der Waals surface area contributed by atoms with Gasteiger partial charge in [0.05, 0.1) is 30.5 Å². The van der Waals surface area contributed by atoms with Gasteiger partial charge in [-0.1, -0.05) is 54.6 Å². The molecule has 0 aliphatic carbocycles. The molecule has 8 heteroatoms. The molecular formula is C30H27F3N2O3. The predicted molar refractivity (Wildman–Crippen MR) is 141 cm³/mol. The Morgan fingerprint density at radius 2 is 1.79 bits per heavy atom. The quantitative estimate of drug-likeness (QED) is 0.281. The molecule has 1 N–H and O–H groups in total. The van der Waals surface area contributed by atoms with E-state index in [9.17, 15) is 18.0 Å². The number of hydrogen-bond donors (Lipinski definition) is 1. The molecule has 1 aliphatic rings. The normalized spacial score (nSPS) is 16.0. The van der Waals surface area contributed by atoms with Crippen molar-refractivity contribution >= 4 is 28.1 Å². The van der Waals surface area contributed by atoms with Crippen molar-refractivity contribution in [2.24, 2.45) is 0 Å². The number of carbonyl (C=O) groups excluding carboxylic acids is 1. The van der Waals surface area contributed by atoms with E-state index in [0.717, 1.165) is 18.6 Å². The molecule has 2 atom stereocenters. The largest absolute Gasteiger partial charge is 0.485 e. The fourth-order valence-electron chi connectivity index (χ4n) is 4.92. The van der Waals surface area contributed by atoms with E-state index in [0.29, 0.717) is 30.2 Å². The average Bonchev–Trinajstić information content (AvgIpc) is 2.93. The summed E-state index contributed by atoms with van der Waals surface area (Å²) < 4.78 is 51.7. The maximum Gasteiger partial charge on any atom is 0.417 e. The van der Waals surface area contributed by atoms with Crippen molar-refractivity contribution in [2.45, 2.75) is 25.2 Å². The number of methoxy groups -OCH3 is 1. The molecule has 0 aromatic heterocycles. The van der Waals surface area contributed by atoms with Crippen molar-refractivity contribution in [1.29, 1.82) is 0 Å². The van der Waals surface area contributed by atoms with E-state index in [1.165, 1.54) is 23.1 Å². The number of rotatable bonds is 6. The number of halogens is 3. The van der Waals surface area contributed by atoms with Crippen LogP contribution in [0.15, 0.2) is 84.9 Å². The zero-order valence-electron chi connectivity index (χ0n) is 21.0. The van der Waals surface area contributed by atoms with E-state index in [2.05, 4.69) is 41.2 Å². The van der Waals surface area contributed by atoms with Crippen LogP contribution in [0.4, 0.5) is 24.5 Å². The molecule has 1 aliphatic heterocycles. The summed E-state index contributed by atoms with van der Waals surface area (Å²) in [7, 11) is 1.07. The molecule has 0 radical (unpaired) electrons. The van der Waals surface area contributed by atoms with Crippen LogP contribution in [0, 0.1) is 0 Å². The minimum absolute atomic E-state index is 0.0346. The SMILES string of the molecule is COC(=O)c1cc(N2CC(CNC(C)c3cccc4ccccc34)Oc3ccccc32)ccc1C(F)(F)F. The van der Waals surface area contributed by atoms with Crippen molar-refractivity contribution in [1.82, 2.24) is 5.32 Å². The van der Waals surface area contributed by atoms with Crippen molar-refractivity contribution < 1.29 is 27.4 Å². The first kappa shape index (κ1) is 25.6. The van der Waals surface area contributed by atoms with Gasteiger partial charge in [0, 0.05) is 18.3 Å². The summed E-state index contributed by atoms with van der Waals surface area (Å²) in [6, 6.07) is 25.3. The van der Waals surface area contributed by atoms with Gasteiger partial charge in [-0.15, -0.1) is 0 Å². The summed E-state index contributed by atoms with van der Waals surface area (Å²) in [4.78, 5) is 14.1. The molecule has 0 fully saturated rings. The molecule has 4 aromatic rings. The van der Waals surface area contributed by atoms with Gasteiger partial charge in [0.25, 0.3) is 0 Å². The third kappa shape index (κ3) is 5.04. The highest BCUT2D eigenvalue weighted by molar-refractivity contribution is 5.93. The third-order valence-corrected chi connectivity index (χ3v) is 6.80. The number of fused-ring (bicyclic) bond motifs is 2. The van der Waals surface area contributed by atoms with Crippen LogP contribution in [-0.2, 0) is 10.9 Å². The first-order valence-corrected chi connectivity index (χ1v) is 12.3. The smallest absolute Gasteiger partial charge is 0.417 e. The number of hydrogen-bond acceptors (Lipinski definition) is 5. The fourth-order valence-corrected chi connectivity index (χ4v) is 4.92. The maximum atomic E-state index is 13.6. The number of para-hydroxylation sites is 2. The number of alkyl halides is 3. The molecule has 0 saturated carbocycles. The Morgan fingerprint density at radius 3 is 2.58 bits per heavy atom. The number of anilines is 2. The number of esters is 1. The molecule has 4 aromatic carbocycles. The van der Waals surface area contributed by atoms with E-state index in [-0.39, 0.29) is 12.1 Å². The van der Waals surface area contributed by atoms with Gasteiger partial charge in [-0.05, 0) is 53.6 Å². The zero-order chi connectivity index (χ0) is 26.9. The molecule has 0 amide bonds. The minimum Gasteiger partial charge on any atom is -0.485 e. The number of benzene rings is 4. The number of nitrogens with one attached hydrogen (secondary N) is 1. The molecule has 196 valence electrons. The molecule has 0 spiro atoms. The first-order valence-electron chi connectivity index (χ1n) is 12.3. The Balaban J connectivity index is 1.42. The van der Waals surface area contributed by atoms with Gasteiger partial charge in [-0.3, -0.25) is 0 Å². The fraction of sp³-hybridized carbons (Fsp3) is 0.233. The Kier molecular flexibility index (Phi) is 6.99. The average molecular weight is 521 g/mol. The molecule has 0 saturated heterocycles.